The Morgan fingerprint density at radius 2 is 1.88 bits per heavy atom. The number of allylic oxidation sites excluding steroid dienone is 1. The molecule has 134 valence electrons. The zero-order chi connectivity index (χ0) is 18.2. The van der Waals surface area contributed by atoms with Crippen molar-refractivity contribution in [2.75, 3.05) is 13.7 Å². The summed E-state index contributed by atoms with van der Waals surface area (Å²) in [7, 11) is 1.55. The number of hydrogen-bond acceptors (Lipinski definition) is 5. The van der Waals surface area contributed by atoms with E-state index >= 15 is 0 Å². The summed E-state index contributed by atoms with van der Waals surface area (Å²) in [6.45, 7) is 9.11. The number of oxime groups is 1. The van der Waals surface area contributed by atoms with Crippen molar-refractivity contribution >= 4 is 17.0 Å². The predicted octanol–water partition coefficient (Wildman–Crippen LogP) is 5.27. The smallest absolute Gasteiger partial charge is 0.125 e. The Morgan fingerprint density at radius 3 is 2.52 bits per heavy atom. The Hall–Kier alpha value is -2.27. The van der Waals surface area contributed by atoms with Crippen LogP contribution in [-0.2, 0) is 11.4 Å². The molecule has 0 aliphatic carbocycles. The molecule has 0 unspecified atom stereocenters. The van der Waals surface area contributed by atoms with Crippen molar-refractivity contribution in [1.29, 1.82) is 0 Å². The molecule has 0 atom stereocenters. The number of benzene rings is 1. The van der Waals surface area contributed by atoms with Crippen molar-refractivity contribution in [2.45, 2.75) is 34.3 Å². The molecule has 0 aliphatic heterocycles. The molecule has 0 fully saturated rings. The summed E-state index contributed by atoms with van der Waals surface area (Å²) in [6, 6.07) is 8.13. The van der Waals surface area contributed by atoms with Crippen molar-refractivity contribution in [1.82, 2.24) is 0 Å². The molecule has 0 aliphatic rings. The Balaban J connectivity index is 2.04. The van der Waals surface area contributed by atoms with Gasteiger partial charge in [-0.3, -0.25) is 0 Å². The van der Waals surface area contributed by atoms with Gasteiger partial charge in [-0.25, -0.2) is 0 Å². The minimum absolute atomic E-state index is 0.533. The molecule has 25 heavy (non-hydrogen) atoms. The highest BCUT2D eigenvalue weighted by atomic mass is 32.1. The van der Waals surface area contributed by atoms with Crippen LogP contribution in [0.1, 0.15) is 34.7 Å². The molecule has 2 rings (SSSR count). The van der Waals surface area contributed by atoms with E-state index in [0.717, 1.165) is 38.1 Å². The van der Waals surface area contributed by atoms with Crippen molar-refractivity contribution in [2.24, 2.45) is 5.16 Å². The lowest BCUT2D eigenvalue weighted by molar-refractivity contribution is 0.213. The number of rotatable bonds is 8. The molecule has 0 saturated carbocycles. The van der Waals surface area contributed by atoms with E-state index in [4.69, 9.17) is 14.3 Å². The van der Waals surface area contributed by atoms with Crippen LogP contribution in [0.4, 0.5) is 0 Å². The van der Waals surface area contributed by atoms with Gasteiger partial charge in [0.15, 0.2) is 0 Å². The number of nitrogens with zero attached hydrogens (tertiary/aromatic N) is 1. The van der Waals surface area contributed by atoms with Gasteiger partial charge in [-0.1, -0.05) is 17.3 Å². The van der Waals surface area contributed by atoms with Crippen LogP contribution in [0, 0.1) is 13.8 Å². The molecule has 1 aromatic heterocycles. The quantitative estimate of drug-likeness (QED) is 0.366. The summed E-state index contributed by atoms with van der Waals surface area (Å²) in [4.78, 5) is 7.05. The van der Waals surface area contributed by atoms with Gasteiger partial charge in [-0.05, 0) is 63.1 Å². The SMILES string of the molecule is C/C=C/COc1cc(C)c(OCc2ccc(C(C)=NOC)s2)c(C)c1. The van der Waals surface area contributed by atoms with Crippen LogP contribution in [0.2, 0.25) is 0 Å². The second kappa shape index (κ2) is 9.28. The lowest BCUT2D eigenvalue weighted by Crippen LogP contribution is -2.00. The lowest BCUT2D eigenvalue weighted by atomic mass is 10.1. The van der Waals surface area contributed by atoms with Gasteiger partial charge in [0.2, 0.25) is 0 Å². The van der Waals surface area contributed by atoms with E-state index in [1.807, 2.05) is 58.0 Å². The number of ether oxygens (including phenoxy) is 2. The highest BCUT2D eigenvalue weighted by Gasteiger charge is 2.09. The first kappa shape index (κ1) is 19.1. The molecular weight excluding hydrogens is 334 g/mol. The Kier molecular flexibility index (Phi) is 7.07. The molecule has 0 spiro atoms. The van der Waals surface area contributed by atoms with E-state index < -0.39 is 0 Å². The van der Waals surface area contributed by atoms with Gasteiger partial charge in [-0.15, -0.1) is 11.3 Å². The van der Waals surface area contributed by atoms with E-state index in [2.05, 4.69) is 11.2 Å². The Morgan fingerprint density at radius 1 is 1.16 bits per heavy atom. The van der Waals surface area contributed by atoms with Crippen LogP contribution in [0.15, 0.2) is 41.6 Å². The van der Waals surface area contributed by atoms with E-state index in [1.165, 1.54) is 0 Å². The minimum atomic E-state index is 0.533. The van der Waals surface area contributed by atoms with Crippen molar-refractivity contribution in [3.05, 3.63) is 57.3 Å². The molecule has 5 heteroatoms. The van der Waals surface area contributed by atoms with Crippen LogP contribution in [0.25, 0.3) is 0 Å². The highest BCUT2D eigenvalue weighted by Crippen LogP contribution is 2.30. The van der Waals surface area contributed by atoms with E-state index in [1.54, 1.807) is 18.4 Å². The second-order valence-corrected chi connectivity index (χ2v) is 6.85. The first-order valence-electron chi connectivity index (χ1n) is 8.20. The Bertz CT molecular complexity index is 739. The molecule has 4 nitrogen and oxygen atoms in total. The van der Waals surface area contributed by atoms with Crippen LogP contribution >= 0.6 is 11.3 Å². The summed E-state index contributed by atoms with van der Waals surface area (Å²) < 4.78 is 11.8. The van der Waals surface area contributed by atoms with Gasteiger partial charge in [0.25, 0.3) is 0 Å². The molecular formula is C20H25NO3S. The summed E-state index contributed by atoms with van der Waals surface area (Å²) in [6.07, 6.45) is 3.96. The maximum atomic E-state index is 6.06. The van der Waals surface area contributed by atoms with Crippen molar-refractivity contribution < 1.29 is 14.3 Å². The largest absolute Gasteiger partial charge is 0.490 e. The van der Waals surface area contributed by atoms with E-state index in [-0.39, 0.29) is 0 Å². The number of thiophene rings is 1. The lowest BCUT2D eigenvalue weighted by Gasteiger charge is -2.14. The highest BCUT2D eigenvalue weighted by molar-refractivity contribution is 7.14. The third-order valence-corrected chi connectivity index (χ3v) is 4.79. The zero-order valence-electron chi connectivity index (χ0n) is 15.5. The standard InChI is InChI=1S/C20H25NO3S/c1-6-7-10-23-17-11-14(2)20(15(3)12-17)24-13-18-8-9-19(25-18)16(4)21-22-5/h6-9,11-12H,10,13H2,1-5H3/b7-6+,21-16?. The minimum Gasteiger partial charge on any atom is -0.490 e. The van der Waals surface area contributed by atoms with Gasteiger partial charge in [0.05, 0.1) is 10.6 Å². The summed E-state index contributed by atoms with van der Waals surface area (Å²) in [5.41, 5.74) is 3.02. The third-order valence-electron chi connectivity index (χ3n) is 3.62. The van der Waals surface area contributed by atoms with Crippen LogP contribution in [-0.4, -0.2) is 19.4 Å². The molecule has 0 amide bonds. The molecule has 1 aromatic carbocycles. The fraction of sp³-hybridized carbons (Fsp3) is 0.350. The van der Waals surface area contributed by atoms with E-state index in [9.17, 15) is 0 Å². The fourth-order valence-corrected chi connectivity index (χ4v) is 3.29. The first-order valence-corrected chi connectivity index (χ1v) is 9.01. The second-order valence-electron chi connectivity index (χ2n) is 5.68. The summed E-state index contributed by atoms with van der Waals surface area (Å²) in [5, 5.41) is 3.96. The maximum absolute atomic E-state index is 6.06. The van der Waals surface area contributed by atoms with E-state index in [0.29, 0.717) is 13.2 Å². The predicted molar refractivity (Wildman–Crippen MR) is 104 cm³/mol. The number of hydrogen-bond donors (Lipinski definition) is 0. The van der Waals surface area contributed by atoms with Gasteiger partial charge < -0.3 is 14.3 Å². The molecule has 0 bridgehead atoms. The summed E-state index contributed by atoms with van der Waals surface area (Å²) >= 11 is 1.66. The van der Waals surface area contributed by atoms with Gasteiger partial charge in [0.1, 0.15) is 31.8 Å². The Labute approximate surface area is 153 Å². The molecule has 2 aromatic rings. The molecule has 0 radical (unpaired) electrons. The topological polar surface area (TPSA) is 40.0 Å². The molecule has 0 saturated heterocycles. The van der Waals surface area contributed by atoms with Crippen LogP contribution < -0.4 is 9.47 Å². The zero-order valence-corrected chi connectivity index (χ0v) is 16.3. The van der Waals surface area contributed by atoms with Crippen LogP contribution in [0.5, 0.6) is 11.5 Å². The van der Waals surface area contributed by atoms with Gasteiger partial charge in [0, 0.05) is 4.88 Å². The van der Waals surface area contributed by atoms with Gasteiger partial charge >= 0.3 is 0 Å². The third kappa shape index (κ3) is 5.36. The average Bonchev–Trinajstić information content (AvgIpc) is 3.04. The van der Waals surface area contributed by atoms with Crippen molar-refractivity contribution in [3.8, 4) is 11.5 Å². The first-order chi connectivity index (χ1) is 12.0. The van der Waals surface area contributed by atoms with Crippen LogP contribution in [0.3, 0.4) is 0 Å². The summed E-state index contributed by atoms with van der Waals surface area (Å²) in [5.74, 6) is 1.78. The average molecular weight is 359 g/mol. The maximum Gasteiger partial charge on any atom is 0.125 e. The fourth-order valence-electron chi connectivity index (χ4n) is 2.44. The number of aryl methyl sites for hydroxylation is 2. The van der Waals surface area contributed by atoms with Crippen molar-refractivity contribution in [3.63, 3.8) is 0 Å². The molecule has 0 N–H and O–H groups in total. The normalized spacial score (nSPS) is 11.8. The van der Waals surface area contributed by atoms with Gasteiger partial charge in [-0.2, -0.15) is 0 Å². The monoisotopic (exact) mass is 359 g/mol. The molecule has 1 heterocycles.